The third kappa shape index (κ3) is 3.50. The third-order valence-electron chi connectivity index (χ3n) is 2.78. The van der Waals surface area contributed by atoms with E-state index in [1.165, 1.54) is 30.3 Å². The molecule has 0 aliphatic carbocycles. The lowest BCUT2D eigenvalue weighted by atomic mass is 10.2. The maximum Gasteiger partial charge on any atom is 0.416 e. The number of hydrogen-bond acceptors (Lipinski definition) is 3. The number of non-ortho nitro benzene ring substituents is 1. The highest BCUT2D eigenvalue weighted by molar-refractivity contribution is 5.45. The van der Waals surface area contributed by atoms with E-state index >= 15 is 0 Å². The van der Waals surface area contributed by atoms with E-state index in [4.69, 9.17) is 4.74 Å². The van der Waals surface area contributed by atoms with Crippen LogP contribution in [0.5, 0.6) is 11.5 Å². The molecule has 0 amide bonds. The van der Waals surface area contributed by atoms with Gasteiger partial charge in [0.15, 0.2) is 0 Å². The van der Waals surface area contributed by atoms with Gasteiger partial charge in [-0.3, -0.25) is 10.1 Å². The van der Waals surface area contributed by atoms with E-state index in [0.29, 0.717) is 11.3 Å². The van der Waals surface area contributed by atoms with Crippen LogP contribution in [0.1, 0.15) is 11.1 Å². The fourth-order valence-electron chi connectivity index (χ4n) is 1.70. The molecule has 0 spiro atoms. The summed E-state index contributed by atoms with van der Waals surface area (Å²) >= 11 is 0. The van der Waals surface area contributed by atoms with Crippen molar-refractivity contribution in [3.05, 3.63) is 63.7 Å². The van der Waals surface area contributed by atoms with Crippen molar-refractivity contribution < 1.29 is 22.8 Å². The number of nitro benzene ring substituents is 1. The number of halogens is 3. The lowest BCUT2D eigenvalue weighted by molar-refractivity contribution is -0.384. The van der Waals surface area contributed by atoms with Crippen molar-refractivity contribution >= 4 is 5.69 Å². The Morgan fingerprint density at radius 3 is 2.19 bits per heavy atom. The zero-order chi connectivity index (χ0) is 15.6. The van der Waals surface area contributed by atoms with Crippen molar-refractivity contribution in [2.75, 3.05) is 0 Å². The molecule has 0 fully saturated rings. The molecule has 0 radical (unpaired) electrons. The number of hydrogen-bond donors (Lipinski definition) is 0. The molecule has 2 rings (SSSR count). The molecule has 0 N–H and O–H groups in total. The second kappa shape index (κ2) is 5.43. The summed E-state index contributed by atoms with van der Waals surface area (Å²) in [6, 6.07) is 8.23. The van der Waals surface area contributed by atoms with Crippen LogP contribution in [0.15, 0.2) is 42.5 Å². The Labute approximate surface area is 117 Å². The molecule has 0 aromatic heterocycles. The van der Waals surface area contributed by atoms with Crippen LogP contribution in [0.3, 0.4) is 0 Å². The molecule has 2 aromatic carbocycles. The fraction of sp³-hybridized carbons (Fsp3) is 0.143. The predicted octanol–water partition coefficient (Wildman–Crippen LogP) is 4.71. The van der Waals surface area contributed by atoms with E-state index in [0.717, 1.165) is 12.1 Å². The van der Waals surface area contributed by atoms with Gasteiger partial charge in [0.25, 0.3) is 5.69 Å². The zero-order valence-electron chi connectivity index (χ0n) is 10.8. The van der Waals surface area contributed by atoms with Gasteiger partial charge in [-0.15, -0.1) is 0 Å². The van der Waals surface area contributed by atoms with Gasteiger partial charge in [0.2, 0.25) is 0 Å². The van der Waals surface area contributed by atoms with Crippen molar-refractivity contribution in [2.45, 2.75) is 13.1 Å². The van der Waals surface area contributed by atoms with Gasteiger partial charge in [0, 0.05) is 12.1 Å². The summed E-state index contributed by atoms with van der Waals surface area (Å²) in [5.74, 6) is 0.570. The average molecular weight is 297 g/mol. The number of benzene rings is 2. The van der Waals surface area contributed by atoms with Crippen molar-refractivity contribution in [3.63, 3.8) is 0 Å². The largest absolute Gasteiger partial charge is 0.457 e. The normalized spacial score (nSPS) is 11.2. The van der Waals surface area contributed by atoms with Gasteiger partial charge >= 0.3 is 6.18 Å². The van der Waals surface area contributed by atoms with Crippen LogP contribution in [-0.2, 0) is 6.18 Å². The molecule has 0 heterocycles. The molecular weight excluding hydrogens is 287 g/mol. The quantitative estimate of drug-likeness (QED) is 0.608. The summed E-state index contributed by atoms with van der Waals surface area (Å²) in [7, 11) is 0. The number of rotatable bonds is 3. The van der Waals surface area contributed by atoms with Crippen molar-refractivity contribution in [1.29, 1.82) is 0 Å². The molecule has 7 heteroatoms. The van der Waals surface area contributed by atoms with Crippen molar-refractivity contribution in [3.8, 4) is 11.5 Å². The first-order valence-corrected chi connectivity index (χ1v) is 5.87. The second-order valence-corrected chi connectivity index (χ2v) is 4.33. The molecule has 0 aliphatic heterocycles. The minimum atomic E-state index is -4.40. The SMILES string of the molecule is Cc1cc([N+](=O)[O-])ccc1Oc1ccc(C(F)(F)F)cc1. The maximum atomic E-state index is 12.4. The fourth-order valence-corrected chi connectivity index (χ4v) is 1.70. The maximum absolute atomic E-state index is 12.4. The first kappa shape index (κ1) is 14.8. The molecule has 21 heavy (non-hydrogen) atoms. The molecule has 4 nitrogen and oxygen atoms in total. The van der Waals surface area contributed by atoms with Crippen LogP contribution < -0.4 is 4.74 Å². The summed E-state index contributed by atoms with van der Waals surface area (Å²) in [5.41, 5.74) is -0.327. The molecule has 2 aromatic rings. The van der Waals surface area contributed by atoms with E-state index < -0.39 is 16.7 Å². The summed E-state index contributed by atoms with van der Waals surface area (Å²) in [6.45, 7) is 1.62. The predicted molar refractivity (Wildman–Crippen MR) is 69.4 cm³/mol. The minimum absolute atomic E-state index is 0.0766. The molecule has 0 atom stereocenters. The van der Waals surface area contributed by atoms with E-state index in [9.17, 15) is 23.3 Å². The minimum Gasteiger partial charge on any atom is -0.457 e. The van der Waals surface area contributed by atoms with Crippen LogP contribution in [0, 0.1) is 17.0 Å². The molecule has 0 unspecified atom stereocenters. The third-order valence-corrected chi connectivity index (χ3v) is 2.78. The highest BCUT2D eigenvalue weighted by atomic mass is 19.4. The zero-order valence-corrected chi connectivity index (χ0v) is 10.8. The Morgan fingerprint density at radius 2 is 1.71 bits per heavy atom. The molecular formula is C14H10F3NO3. The van der Waals surface area contributed by atoms with E-state index in [1.54, 1.807) is 6.92 Å². The first-order valence-electron chi connectivity index (χ1n) is 5.87. The molecule has 0 saturated heterocycles. The van der Waals surface area contributed by atoms with Crippen molar-refractivity contribution in [1.82, 2.24) is 0 Å². The Balaban J connectivity index is 2.20. The molecule has 0 aliphatic rings. The lowest BCUT2D eigenvalue weighted by Crippen LogP contribution is -2.04. The van der Waals surface area contributed by atoms with E-state index in [2.05, 4.69) is 0 Å². The molecule has 0 saturated carbocycles. The van der Waals surface area contributed by atoms with Gasteiger partial charge in [0.1, 0.15) is 11.5 Å². The van der Waals surface area contributed by atoms with Crippen LogP contribution in [0.4, 0.5) is 18.9 Å². The first-order chi connectivity index (χ1) is 9.77. The van der Waals surface area contributed by atoms with Crippen LogP contribution in [-0.4, -0.2) is 4.92 Å². The Morgan fingerprint density at radius 1 is 1.10 bits per heavy atom. The molecule has 110 valence electrons. The summed E-state index contributed by atoms with van der Waals surface area (Å²) in [5, 5.41) is 10.6. The van der Waals surface area contributed by atoms with E-state index in [1.807, 2.05) is 0 Å². The second-order valence-electron chi connectivity index (χ2n) is 4.33. The summed E-state index contributed by atoms with van der Waals surface area (Å²) in [4.78, 5) is 10.1. The standard InChI is InChI=1S/C14H10F3NO3/c1-9-8-11(18(19)20)4-7-13(9)21-12-5-2-10(3-6-12)14(15,16)17/h2-8H,1H3. The topological polar surface area (TPSA) is 52.4 Å². The molecule has 0 bridgehead atoms. The van der Waals surface area contributed by atoms with Gasteiger partial charge in [-0.2, -0.15) is 13.2 Å². The van der Waals surface area contributed by atoms with Gasteiger partial charge in [-0.1, -0.05) is 0 Å². The average Bonchev–Trinajstić information content (AvgIpc) is 2.40. The number of nitro groups is 1. The number of nitrogens with zero attached hydrogens (tertiary/aromatic N) is 1. The summed E-state index contributed by atoms with van der Waals surface area (Å²) < 4.78 is 42.7. The number of alkyl halides is 3. The number of aryl methyl sites for hydroxylation is 1. The smallest absolute Gasteiger partial charge is 0.416 e. The highest BCUT2D eigenvalue weighted by Gasteiger charge is 2.30. The van der Waals surface area contributed by atoms with Gasteiger partial charge < -0.3 is 4.74 Å². The van der Waals surface area contributed by atoms with Crippen LogP contribution in [0.25, 0.3) is 0 Å². The van der Waals surface area contributed by atoms with Gasteiger partial charge in [-0.25, -0.2) is 0 Å². The Kier molecular flexibility index (Phi) is 3.84. The van der Waals surface area contributed by atoms with Crippen LogP contribution >= 0.6 is 0 Å². The Bertz CT molecular complexity index is 666. The van der Waals surface area contributed by atoms with E-state index in [-0.39, 0.29) is 11.4 Å². The van der Waals surface area contributed by atoms with Gasteiger partial charge in [-0.05, 0) is 42.8 Å². The van der Waals surface area contributed by atoms with Crippen LogP contribution in [0.2, 0.25) is 0 Å². The van der Waals surface area contributed by atoms with Crippen molar-refractivity contribution in [2.24, 2.45) is 0 Å². The lowest BCUT2D eigenvalue weighted by Gasteiger charge is -2.10. The monoisotopic (exact) mass is 297 g/mol. The highest BCUT2D eigenvalue weighted by Crippen LogP contribution is 2.32. The summed E-state index contributed by atoms with van der Waals surface area (Å²) in [6.07, 6.45) is -4.40. The number of ether oxygens (including phenoxy) is 1. The van der Waals surface area contributed by atoms with Gasteiger partial charge in [0.05, 0.1) is 10.5 Å². The Hall–Kier alpha value is -2.57.